The van der Waals surface area contributed by atoms with E-state index < -0.39 is 0 Å². The minimum Gasteiger partial charge on any atom is -0.0651 e. The summed E-state index contributed by atoms with van der Waals surface area (Å²) >= 11 is 0. The van der Waals surface area contributed by atoms with Gasteiger partial charge in [0.15, 0.2) is 0 Å². The van der Waals surface area contributed by atoms with E-state index in [-0.39, 0.29) is 0 Å². The van der Waals surface area contributed by atoms with E-state index in [0.717, 1.165) is 17.8 Å². The smallest absolute Gasteiger partial charge is 0.0242 e. The first-order chi connectivity index (χ1) is 7.22. The summed E-state index contributed by atoms with van der Waals surface area (Å²) < 4.78 is 0. The van der Waals surface area contributed by atoms with Gasteiger partial charge in [-0.05, 0) is 41.7 Å². The van der Waals surface area contributed by atoms with Crippen molar-refractivity contribution in [2.24, 2.45) is 17.8 Å². The Morgan fingerprint density at radius 3 is 2.27 bits per heavy atom. The van der Waals surface area contributed by atoms with Crippen LogP contribution in [0.5, 0.6) is 0 Å². The molecule has 1 aromatic rings. The molecular formula is C15H22. The summed E-state index contributed by atoms with van der Waals surface area (Å²) in [4.78, 5) is 0. The van der Waals surface area contributed by atoms with Gasteiger partial charge in [-0.3, -0.25) is 0 Å². The van der Waals surface area contributed by atoms with Crippen molar-refractivity contribution in [2.45, 2.75) is 40.0 Å². The summed E-state index contributed by atoms with van der Waals surface area (Å²) in [5.74, 6) is 2.62. The van der Waals surface area contributed by atoms with Crippen molar-refractivity contribution in [3.8, 4) is 0 Å². The lowest BCUT2D eigenvalue weighted by atomic mass is 9.70. The fourth-order valence-electron chi connectivity index (χ4n) is 3.04. The predicted molar refractivity (Wildman–Crippen MR) is 66.0 cm³/mol. The Morgan fingerprint density at radius 2 is 1.73 bits per heavy atom. The number of rotatable bonds is 2. The molecule has 1 aliphatic carbocycles. The Hall–Kier alpha value is -0.780. The van der Waals surface area contributed by atoms with Crippen molar-refractivity contribution in [1.82, 2.24) is 0 Å². The summed E-state index contributed by atoms with van der Waals surface area (Å²) in [6.07, 6.45) is 3.93. The summed E-state index contributed by atoms with van der Waals surface area (Å²) in [5, 5.41) is 0. The lowest BCUT2D eigenvalue weighted by Crippen LogP contribution is -2.28. The molecule has 0 saturated heterocycles. The zero-order valence-electron chi connectivity index (χ0n) is 10.2. The van der Waals surface area contributed by atoms with E-state index in [1.807, 2.05) is 0 Å². The minimum absolute atomic E-state index is 0.823. The molecule has 0 aromatic heterocycles. The maximum atomic E-state index is 2.38. The first-order valence-electron chi connectivity index (χ1n) is 6.29. The average Bonchev–Trinajstić information content (AvgIpc) is 2.27. The predicted octanol–water partition coefficient (Wildman–Crippen LogP) is 4.08. The SMILES string of the molecule is CCC1Cc2ccccc2CC1C(C)C. The van der Waals surface area contributed by atoms with Crippen LogP contribution in [-0.2, 0) is 12.8 Å². The topological polar surface area (TPSA) is 0 Å². The Bertz CT molecular complexity index is 325. The fourth-order valence-corrected chi connectivity index (χ4v) is 3.04. The van der Waals surface area contributed by atoms with Gasteiger partial charge in [-0.1, -0.05) is 51.5 Å². The van der Waals surface area contributed by atoms with E-state index in [1.54, 1.807) is 11.1 Å². The van der Waals surface area contributed by atoms with Crippen molar-refractivity contribution < 1.29 is 0 Å². The largest absolute Gasteiger partial charge is 0.0651 e. The third kappa shape index (κ3) is 2.09. The van der Waals surface area contributed by atoms with Crippen LogP contribution >= 0.6 is 0 Å². The molecule has 2 unspecified atom stereocenters. The zero-order chi connectivity index (χ0) is 10.8. The lowest BCUT2D eigenvalue weighted by Gasteiger charge is -2.35. The quantitative estimate of drug-likeness (QED) is 0.678. The second-order valence-corrected chi connectivity index (χ2v) is 5.25. The lowest BCUT2D eigenvalue weighted by molar-refractivity contribution is 0.228. The highest BCUT2D eigenvalue weighted by atomic mass is 14.3. The van der Waals surface area contributed by atoms with Crippen LogP contribution in [0.4, 0.5) is 0 Å². The van der Waals surface area contributed by atoms with E-state index >= 15 is 0 Å². The summed E-state index contributed by atoms with van der Waals surface area (Å²) in [6.45, 7) is 7.09. The molecule has 0 radical (unpaired) electrons. The molecule has 0 amide bonds. The molecule has 0 fully saturated rings. The first-order valence-corrected chi connectivity index (χ1v) is 6.29. The monoisotopic (exact) mass is 202 g/mol. The number of fused-ring (bicyclic) bond motifs is 1. The molecule has 0 N–H and O–H groups in total. The standard InChI is InChI=1S/C15H22/c1-4-12-9-13-7-5-6-8-14(13)10-15(12)11(2)3/h5-8,11-12,15H,4,9-10H2,1-3H3. The van der Waals surface area contributed by atoms with Gasteiger partial charge < -0.3 is 0 Å². The van der Waals surface area contributed by atoms with Crippen LogP contribution in [0.1, 0.15) is 38.3 Å². The molecule has 0 aliphatic heterocycles. The third-order valence-corrected chi connectivity index (χ3v) is 4.04. The van der Waals surface area contributed by atoms with Gasteiger partial charge >= 0.3 is 0 Å². The van der Waals surface area contributed by atoms with Gasteiger partial charge in [-0.25, -0.2) is 0 Å². The van der Waals surface area contributed by atoms with E-state index in [0.29, 0.717) is 0 Å². The minimum atomic E-state index is 0.823. The highest BCUT2D eigenvalue weighted by Crippen LogP contribution is 2.36. The zero-order valence-corrected chi connectivity index (χ0v) is 10.2. The maximum absolute atomic E-state index is 2.38. The van der Waals surface area contributed by atoms with E-state index in [9.17, 15) is 0 Å². The van der Waals surface area contributed by atoms with Crippen molar-refractivity contribution >= 4 is 0 Å². The van der Waals surface area contributed by atoms with Gasteiger partial charge in [-0.15, -0.1) is 0 Å². The van der Waals surface area contributed by atoms with Gasteiger partial charge in [0.05, 0.1) is 0 Å². The summed E-state index contributed by atoms with van der Waals surface area (Å²) in [7, 11) is 0. The van der Waals surface area contributed by atoms with Gasteiger partial charge in [0.25, 0.3) is 0 Å². The van der Waals surface area contributed by atoms with Gasteiger partial charge in [0, 0.05) is 0 Å². The Morgan fingerprint density at radius 1 is 1.13 bits per heavy atom. The van der Waals surface area contributed by atoms with Crippen LogP contribution in [0.2, 0.25) is 0 Å². The maximum Gasteiger partial charge on any atom is -0.0242 e. The van der Waals surface area contributed by atoms with E-state index in [4.69, 9.17) is 0 Å². The van der Waals surface area contributed by atoms with Gasteiger partial charge in [-0.2, -0.15) is 0 Å². The molecule has 0 bridgehead atoms. The highest BCUT2D eigenvalue weighted by molar-refractivity contribution is 5.30. The van der Waals surface area contributed by atoms with Crippen LogP contribution in [0.3, 0.4) is 0 Å². The van der Waals surface area contributed by atoms with E-state index in [2.05, 4.69) is 45.0 Å². The van der Waals surface area contributed by atoms with Gasteiger partial charge in [0.2, 0.25) is 0 Å². The summed E-state index contributed by atoms with van der Waals surface area (Å²) in [6, 6.07) is 8.99. The second-order valence-electron chi connectivity index (χ2n) is 5.25. The van der Waals surface area contributed by atoms with Crippen LogP contribution in [0, 0.1) is 17.8 Å². The molecule has 1 aromatic carbocycles. The third-order valence-electron chi connectivity index (χ3n) is 4.04. The van der Waals surface area contributed by atoms with Crippen molar-refractivity contribution in [2.75, 3.05) is 0 Å². The molecule has 15 heavy (non-hydrogen) atoms. The Kier molecular flexibility index (Phi) is 3.14. The van der Waals surface area contributed by atoms with Crippen LogP contribution in [-0.4, -0.2) is 0 Å². The average molecular weight is 202 g/mol. The number of hydrogen-bond donors (Lipinski definition) is 0. The van der Waals surface area contributed by atoms with Crippen molar-refractivity contribution in [3.05, 3.63) is 35.4 Å². The molecule has 82 valence electrons. The number of hydrogen-bond acceptors (Lipinski definition) is 0. The van der Waals surface area contributed by atoms with Crippen molar-refractivity contribution in [3.63, 3.8) is 0 Å². The molecule has 0 nitrogen and oxygen atoms in total. The number of benzene rings is 1. The molecule has 2 rings (SSSR count). The molecule has 0 heteroatoms. The van der Waals surface area contributed by atoms with Gasteiger partial charge in [0.1, 0.15) is 0 Å². The molecular weight excluding hydrogens is 180 g/mol. The van der Waals surface area contributed by atoms with E-state index in [1.165, 1.54) is 19.3 Å². The first kappa shape index (κ1) is 10.7. The highest BCUT2D eigenvalue weighted by Gasteiger charge is 2.28. The molecule has 1 aliphatic rings. The summed E-state index contributed by atoms with van der Waals surface area (Å²) in [5.41, 5.74) is 3.20. The Labute approximate surface area is 93.7 Å². The molecule has 0 spiro atoms. The molecule has 0 saturated carbocycles. The molecule has 2 atom stereocenters. The van der Waals surface area contributed by atoms with Crippen LogP contribution in [0.15, 0.2) is 24.3 Å². The molecule has 0 heterocycles. The van der Waals surface area contributed by atoms with Crippen LogP contribution in [0.25, 0.3) is 0 Å². The van der Waals surface area contributed by atoms with Crippen molar-refractivity contribution in [1.29, 1.82) is 0 Å². The van der Waals surface area contributed by atoms with Crippen LogP contribution < -0.4 is 0 Å². The second kappa shape index (κ2) is 4.38. The Balaban J connectivity index is 2.26. The normalized spacial score (nSPS) is 25.3. The fraction of sp³-hybridized carbons (Fsp3) is 0.600.